The van der Waals surface area contributed by atoms with E-state index in [2.05, 4.69) is 30.0 Å². The molecular formula is C21H15F4N7O. The van der Waals surface area contributed by atoms with Gasteiger partial charge in [-0.15, -0.1) is 0 Å². The average molecular weight is 457 g/mol. The molecular weight excluding hydrogens is 442 g/mol. The third-order valence-electron chi connectivity index (χ3n) is 5.00. The summed E-state index contributed by atoms with van der Waals surface area (Å²) in [6.07, 6.45) is 4.28. The van der Waals surface area contributed by atoms with Crippen molar-refractivity contribution in [2.75, 3.05) is 12.4 Å². The predicted octanol–water partition coefficient (Wildman–Crippen LogP) is 4.13. The molecule has 0 bridgehead atoms. The van der Waals surface area contributed by atoms with Crippen LogP contribution >= 0.6 is 0 Å². The zero-order chi connectivity index (χ0) is 23.1. The molecule has 0 unspecified atom stereocenters. The summed E-state index contributed by atoms with van der Waals surface area (Å²) in [6, 6.07) is 6.62. The van der Waals surface area contributed by atoms with Crippen molar-refractivity contribution in [3.63, 3.8) is 0 Å². The number of nitrogens with one attached hydrogen (secondary N) is 1. The van der Waals surface area contributed by atoms with Gasteiger partial charge in [-0.25, -0.2) is 18.7 Å². The minimum absolute atomic E-state index is 0.113. The second kappa shape index (κ2) is 8.04. The Morgan fingerprint density at radius 2 is 1.85 bits per heavy atom. The van der Waals surface area contributed by atoms with E-state index in [0.717, 1.165) is 12.4 Å². The maximum Gasteiger partial charge on any atom is 0.388 e. The van der Waals surface area contributed by atoms with Crippen LogP contribution in [0.1, 0.15) is 5.56 Å². The van der Waals surface area contributed by atoms with Crippen LogP contribution in [-0.2, 0) is 6.54 Å². The molecule has 0 saturated carbocycles. The van der Waals surface area contributed by atoms with Gasteiger partial charge >= 0.3 is 6.61 Å². The van der Waals surface area contributed by atoms with Crippen LogP contribution in [0.2, 0.25) is 0 Å². The highest BCUT2D eigenvalue weighted by atomic mass is 19.3. The van der Waals surface area contributed by atoms with E-state index in [9.17, 15) is 17.6 Å². The first-order chi connectivity index (χ1) is 15.9. The number of hydrogen-bond donors (Lipinski definition) is 1. The summed E-state index contributed by atoms with van der Waals surface area (Å²) < 4.78 is 61.0. The van der Waals surface area contributed by atoms with E-state index < -0.39 is 18.2 Å². The number of nitrogens with zero attached hydrogens (tertiary/aromatic N) is 6. The molecule has 1 N–H and O–H groups in total. The zero-order valence-corrected chi connectivity index (χ0v) is 17.0. The number of imidazole rings is 1. The van der Waals surface area contributed by atoms with Gasteiger partial charge in [-0.3, -0.25) is 0 Å². The minimum Gasteiger partial charge on any atom is -0.415 e. The Morgan fingerprint density at radius 3 is 2.58 bits per heavy atom. The molecule has 8 nitrogen and oxygen atoms in total. The average Bonchev–Trinajstić information content (AvgIpc) is 3.34. The van der Waals surface area contributed by atoms with E-state index >= 15 is 0 Å². The molecule has 0 radical (unpaired) electrons. The van der Waals surface area contributed by atoms with Gasteiger partial charge in [0.25, 0.3) is 0 Å². The molecule has 33 heavy (non-hydrogen) atoms. The number of ether oxygens (including phenoxy) is 1. The van der Waals surface area contributed by atoms with Gasteiger partial charge < -0.3 is 19.2 Å². The lowest BCUT2D eigenvalue weighted by atomic mass is 10.2. The lowest BCUT2D eigenvalue weighted by Crippen LogP contribution is -2.07. The maximum atomic E-state index is 13.7. The van der Waals surface area contributed by atoms with Crippen LogP contribution < -0.4 is 10.1 Å². The van der Waals surface area contributed by atoms with E-state index in [-0.39, 0.29) is 17.9 Å². The first kappa shape index (κ1) is 20.7. The van der Waals surface area contributed by atoms with Crippen molar-refractivity contribution in [1.29, 1.82) is 0 Å². The van der Waals surface area contributed by atoms with Crippen molar-refractivity contribution in [2.24, 2.45) is 0 Å². The van der Waals surface area contributed by atoms with Crippen LogP contribution in [0, 0.1) is 11.6 Å². The fraction of sp³-hybridized carbons (Fsp3) is 0.143. The molecule has 5 aromatic rings. The van der Waals surface area contributed by atoms with E-state index in [1.54, 1.807) is 34.5 Å². The molecule has 0 atom stereocenters. The predicted molar refractivity (Wildman–Crippen MR) is 112 cm³/mol. The number of fused-ring (bicyclic) bond motifs is 2. The van der Waals surface area contributed by atoms with E-state index in [4.69, 9.17) is 0 Å². The van der Waals surface area contributed by atoms with Crippen LogP contribution in [0.3, 0.4) is 0 Å². The van der Waals surface area contributed by atoms with E-state index in [1.807, 2.05) is 0 Å². The standard InChI is InChI=1S/C21H15F4N7O/c1-26-21-30-18-16(32(21)9-11-4-12(22)6-13(23)5-11)7-14(8-27-18)31-3-2-15-17(31)19(29-10-28-15)33-20(24)25/h2-8,10,20H,9H2,1H3,(H,26,27,30). The van der Waals surface area contributed by atoms with Crippen molar-refractivity contribution < 1.29 is 22.3 Å². The zero-order valence-electron chi connectivity index (χ0n) is 17.0. The van der Waals surface area contributed by atoms with Gasteiger partial charge in [-0.1, -0.05) is 0 Å². The quantitative estimate of drug-likeness (QED) is 0.386. The van der Waals surface area contributed by atoms with Crippen LogP contribution in [-0.4, -0.2) is 42.7 Å². The summed E-state index contributed by atoms with van der Waals surface area (Å²) >= 11 is 0. The van der Waals surface area contributed by atoms with E-state index in [0.29, 0.717) is 33.9 Å². The SMILES string of the molecule is CNc1nc2ncc(-n3ccc4ncnc(OC(F)F)c43)cc2n1Cc1cc(F)cc(F)c1. The Balaban J connectivity index is 1.65. The molecule has 5 rings (SSSR count). The molecule has 0 saturated heterocycles. The Labute approximate surface area is 183 Å². The van der Waals surface area contributed by atoms with Crippen LogP contribution in [0.4, 0.5) is 23.5 Å². The Kier molecular flexibility index (Phi) is 5.04. The number of anilines is 1. The number of pyridine rings is 1. The smallest absolute Gasteiger partial charge is 0.388 e. The van der Waals surface area contributed by atoms with E-state index in [1.165, 1.54) is 18.3 Å². The molecule has 1 aromatic carbocycles. The van der Waals surface area contributed by atoms with Crippen molar-refractivity contribution in [1.82, 2.24) is 29.1 Å². The Morgan fingerprint density at radius 1 is 1.06 bits per heavy atom. The highest BCUT2D eigenvalue weighted by molar-refractivity contribution is 5.84. The lowest BCUT2D eigenvalue weighted by molar-refractivity contribution is -0.0519. The first-order valence-electron chi connectivity index (χ1n) is 9.69. The second-order valence-corrected chi connectivity index (χ2v) is 7.06. The molecule has 0 fully saturated rings. The number of hydrogen-bond acceptors (Lipinski definition) is 6. The largest absolute Gasteiger partial charge is 0.415 e. The third-order valence-corrected chi connectivity index (χ3v) is 5.00. The molecule has 12 heteroatoms. The molecule has 4 aromatic heterocycles. The third kappa shape index (κ3) is 3.79. The van der Waals surface area contributed by atoms with Gasteiger partial charge in [0.1, 0.15) is 23.5 Å². The summed E-state index contributed by atoms with van der Waals surface area (Å²) in [5.74, 6) is -1.23. The van der Waals surface area contributed by atoms with Crippen molar-refractivity contribution >= 4 is 28.1 Å². The molecule has 4 heterocycles. The van der Waals surface area contributed by atoms with Gasteiger partial charge in [-0.2, -0.15) is 18.7 Å². The van der Waals surface area contributed by atoms with Gasteiger partial charge in [-0.05, 0) is 29.8 Å². The normalized spacial score (nSPS) is 11.6. The molecule has 168 valence electrons. The highest BCUT2D eigenvalue weighted by Crippen LogP contribution is 2.29. The fourth-order valence-corrected chi connectivity index (χ4v) is 3.69. The van der Waals surface area contributed by atoms with Crippen molar-refractivity contribution in [3.05, 3.63) is 66.3 Å². The fourth-order valence-electron chi connectivity index (χ4n) is 3.69. The highest BCUT2D eigenvalue weighted by Gasteiger charge is 2.18. The first-order valence-corrected chi connectivity index (χ1v) is 9.69. The van der Waals surface area contributed by atoms with Gasteiger partial charge in [0.05, 0.1) is 29.5 Å². The van der Waals surface area contributed by atoms with Gasteiger partial charge in [0.15, 0.2) is 5.65 Å². The van der Waals surface area contributed by atoms with Gasteiger partial charge in [0, 0.05) is 19.3 Å². The summed E-state index contributed by atoms with van der Waals surface area (Å²) in [5, 5.41) is 2.94. The molecule has 0 aliphatic heterocycles. The van der Waals surface area contributed by atoms with Crippen LogP contribution in [0.25, 0.3) is 27.9 Å². The monoisotopic (exact) mass is 457 g/mol. The van der Waals surface area contributed by atoms with Crippen LogP contribution in [0.15, 0.2) is 49.1 Å². The molecule has 0 amide bonds. The number of aromatic nitrogens is 6. The summed E-state index contributed by atoms with van der Waals surface area (Å²) in [7, 11) is 1.66. The Bertz CT molecular complexity index is 1460. The topological polar surface area (TPSA) is 82.7 Å². The maximum absolute atomic E-state index is 13.7. The molecule has 0 aliphatic carbocycles. The van der Waals surface area contributed by atoms with Crippen LogP contribution in [0.5, 0.6) is 5.88 Å². The Hall–Kier alpha value is -4.22. The number of rotatable bonds is 6. The summed E-state index contributed by atoms with van der Waals surface area (Å²) in [4.78, 5) is 16.7. The number of benzene rings is 1. The van der Waals surface area contributed by atoms with Gasteiger partial charge in [0.2, 0.25) is 11.8 Å². The lowest BCUT2D eigenvalue weighted by Gasteiger charge is -2.11. The number of alkyl halides is 2. The summed E-state index contributed by atoms with van der Waals surface area (Å²) in [5.41, 5.74) is 2.47. The number of halogens is 4. The van der Waals surface area contributed by atoms with Crippen molar-refractivity contribution in [3.8, 4) is 11.6 Å². The van der Waals surface area contributed by atoms with Crippen molar-refractivity contribution in [2.45, 2.75) is 13.2 Å². The molecule has 0 aliphatic rings. The molecule has 0 spiro atoms. The second-order valence-electron chi connectivity index (χ2n) is 7.06. The summed E-state index contributed by atoms with van der Waals surface area (Å²) in [6.45, 7) is -2.94. The minimum atomic E-state index is -3.06.